The molecule has 0 aliphatic carbocycles. The minimum Gasteiger partial charge on any atom is -0.354 e. The van der Waals surface area contributed by atoms with E-state index in [2.05, 4.69) is 49.8 Å². The lowest BCUT2D eigenvalue weighted by Gasteiger charge is -2.37. The molecule has 23 heavy (non-hydrogen) atoms. The molecule has 0 saturated carbocycles. The third kappa shape index (κ3) is 3.50. The van der Waals surface area contributed by atoms with Gasteiger partial charge in [-0.05, 0) is 27.2 Å². The molecule has 7 heteroatoms. The first-order valence-electron chi connectivity index (χ1n) is 8.20. The van der Waals surface area contributed by atoms with Crippen LogP contribution < -0.4 is 4.90 Å². The summed E-state index contributed by atoms with van der Waals surface area (Å²) in [7, 11) is 0. The summed E-state index contributed by atoms with van der Waals surface area (Å²) >= 11 is 0. The minimum atomic E-state index is 0.150. The van der Waals surface area contributed by atoms with E-state index in [1.165, 1.54) is 0 Å². The zero-order valence-corrected chi connectivity index (χ0v) is 14.3. The van der Waals surface area contributed by atoms with E-state index in [9.17, 15) is 0 Å². The Hall–Kier alpha value is -2.02. The van der Waals surface area contributed by atoms with Crippen molar-refractivity contribution in [3.05, 3.63) is 29.3 Å². The highest BCUT2D eigenvalue weighted by Crippen LogP contribution is 2.22. The van der Waals surface area contributed by atoms with Crippen molar-refractivity contribution in [1.29, 1.82) is 0 Å². The van der Waals surface area contributed by atoms with Crippen LogP contribution in [0.15, 0.2) is 10.6 Å². The number of aryl methyl sites for hydroxylation is 3. The molecular formula is C16H24N6O. The van der Waals surface area contributed by atoms with Crippen LogP contribution in [0.4, 0.5) is 5.82 Å². The van der Waals surface area contributed by atoms with E-state index in [0.717, 1.165) is 49.9 Å². The van der Waals surface area contributed by atoms with Crippen LogP contribution in [0.2, 0.25) is 0 Å². The molecule has 124 valence electrons. The van der Waals surface area contributed by atoms with Crippen molar-refractivity contribution in [2.75, 3.05) is 31.1 Å². The summed E-state index contributed by atoms with van der Waals surface area (Å²) < 4.78 is 5.30. The highest BCUT2D eigenvalue weighted by Gasteiger charge is 2.26. The normalized spacial score (nSPS) is 17.5. The van der Waals surface area contributed by atoms with Gasteiger partial charge < -0.3 is 9.42 Å². The van der Waals surface area contributed by atoms with Gasteiger partial charge >= 0.3 is 0 Å². The van der Waals surface area contributed by atoms with Crippen LogP contribution in [-0.4, -0.2) is 51.2 Å². The molecule has 7 nitrogen and oxygen atoms in total. The summed E-state index contributed by atoms with van der Waals surface area (Å²) in [4.78, 5) is 18.1. The Labute approximate surface area is 136 Å². The molecule has 0 aromatic carbocycles. The monoisotopic (exact) mass is 316 g/mol. The fraction of sp³-hybridized carbons (Fsp3) is 0.625. The Morgan fingerprint density at radius 1 is 1.09 bits per heavy atom. The maximum atomic E-state index is 5.30. The third-order valence-corrected chi connectivity index (χ3v) is 4.33. The van der Waals surface area contributed by atoms with Crippen molar-refractivity contribution in [1.82, 2.24) is 25.0 Å². The molecule has 0 amide bonds. The molecule has 3 heterocycles. The van der Waals surface area contributed by atoms with Gasteiger partial charge in [0, 0.05) is 37.9 Å². The van der Waals surface area contributed by atoms with Crippen molar-refractivity contribution >= 4 is 5.82 Å². The lowest BCUT2D eigenvalue weighted by Crippen LogP contribution is -2.47. The van der Waals surface area contributed by atoms with Gasteiger partial charge in [-0.15, -0.1) is 0 Å². The lowest BCUT2D eigenvalue weighted by molar-refractivity contribution is 0.164. The van der Waals surface area contributed by atoms with Crippen LogP contribution in [0.5, 0.6) is 0 Å². The average molecular weight is 316 g/mol. The number of aromatic nitrogens is 4. The second-order valence-corrected chi connectivity index (χ2v) is 6.00. The molecule has 0 radical (unpaired) electrons. The predicted molar refractivity (Wildman–Crippen MR) is 87.4 cm³/mol. The van der Waals surface area contributed by atoms with Gasteiger partial charge in [0.15, 0.2) is 5.82 Å². The van der Waals surface area contributed by atoms with Gasteiger partial charge in [0.1, 0.15) is 11.6 Å². The highest BCUT2D eigenvalue weighted by atomic mass is 16.5. The molecule has 1 atom stereocenters. The molecule has 1 aliphatic rings. The zero-order valence-electron chi connectivity index (χ0n) is 14.3. The number of anilines is 1. The summed E-state index contributed by atoms with van der Waals surface area (Å²) in [5, 5.41) is 3.88. The summed E-state index contributed by atoms with van der Waals surface area (Å²) in [5.41, 5.74) is 1.10. The van der Waals surface area contributed by atoms with Gasteiger partial charge in [-0.2, -0.15) is 4.98 Å². The predicted octanol–water partition coefficient (Wildman–Crippen LogP) is 1.92. The van der Waals surface area contributed by atoms with Crippen molar-refractivity contribution in [2.24, 2.45) is 0 Å². The van der Waals surface area contributed by atoms with Gasteiger partial charge in [-0.3, -0.25) is 4.90 Å². The number of hydrogen-bond acceptors (Lipinski definition) is 7. The number of nitrogens with zero attached hydrogens (tertiary/aromatic N) is 6. The van der Waals surface area contributed by atoms with Gasteiger partial charge in [-0.1, -0.05) is 12.1 Å². The molecular weight excluding hydrogens is 292 g/mol. The maximum Gasteiger partial charge on any atom is 0.243 e. The van der Waals surface area contributed by atoms with Gasteiger partial charge in [0.2, 0.25) is 5.89 Å². The quantitative estimate of drug-likeness (QED) is 0.853. The van der Waals surface area contributed by atoms with E-state index in [1.807, 2.05) is 13.8 Å². The van der Waals surface area contributed by atoms with E-state index in [4.69, 9.17) is 4.52 Å². The van der Waals surface area contributed by atoms with E-state index in [1.54, 1.807) is 0 Å². The van der Waals surface area contributed by atoms with Crippen LogP contribution >= 0.6 is 0 Å². The molecule has 1 unspecified atom stereocenters. The van der Waals surface area contributed by atoms with E-state index < -0.39 is 0 Å². The molecule has 1 aliphatic heterocycles. The topological polar surface area (TPSA) is 71.2 Å². The molecule has 0 bridgehead atoms. The van der Waals surface area contributed by atoms with Crippen molar-refractivity contribution in [2.45, 2.75) is 40.2 Å². The summed E-state index contributed by atoms with van der Waals surface area (Å²) in [6, 6.07) is 2.25. The number of rotatable bonds is 4. The third-order valence-electron chi connectivity index (χ3n) is 4.33. The molecule has 2 aromatic rings. The number of hydrogen-bond donors (Lipinski definition) is 0. The first-order chi connectivity index (χ1) is 11.1. The van der Waals surface area contributed by atoms with Gasteiger partial charge in [0.25, 0.3) is 0 Å². The van der Waals surface area contributed by atoms with Crippen LogP contribution in [0.25, 0.3) is 0 Å². The molecule has 1 saturated heterocycles. The van der Waals surface area contributed by atoms with Crippen molar-refractivity contribution in [3.8, 4) is 0 Å². The summed E-state index contributed by atoms with van der Waals surface area (Å²) in [6.45, 7) is 11.8. The smallest absolute Gasteiger partial charge is 0.243 e. The van der Waals surface area contributed by atoms with E-state index >= 15 is 0 Å². The van der Waals surface area contributed by atoms with Crippen LogP contribution in [-0.2, 0) is 6.42 Å². The van der Waals surface area contributed by atoms with Crippen LogP contribution in [0, 0.1) is 13.8 Å². The minimum absolute atomic E-state index is 0.150. The highest BCUT2D eigenvalue weighted by molar-refractivity contribution is 5.40. The Balaban J connectivity index is 1.65. The first-order valence-corrected chi connectivity index (χ1v) is 8.20. The van der Waals surface area contributed by atoms with Crippen LogP contribution in [0.1, 0.15) is 43.1 Å². The Bertz CT molecular complexity index is 662. The van der Waals surface area contributed by atoms with Gasteiger partial charge in [0.05, 0.1) is 6.04 Å². The molecule has 0 spiro atoms. The second kappa shape index (κ2) is 6.62. The van der Waals surface area contributed by atoms with Crippen molar-refractivity contribution in [3.63, 3.8) is 0 Å². The Morgan fingerprint density at radius 3 is 2.43 bits per heavy atom. The summed E-state index contributed by atoms with van der Waals surface area (Å²) in [5.74, 6) is 3.27. The first kappa shape index (κ1) is 15.9. The van der Waals surface area contributed by atoms with Crippen molar-refractivity contribution < 1.29 is 4.52 Å². The lowest BCUT2D eigenvalue weighted by atomic mass is 10.2. The molecule has 2 aromatic heterocycles. The second-order valence-electron chi connectivity index (χ2n) is 6.00. The van der Waals surface area contributed by atoms with Gasteiger partial charge in [-0.25, -0.2) is 9.97 Å². The Kier molecular flexibility index (Phi) is 4.56. The SMILES string of the molecule is CCc1cc(N2CCN(C(C)c3nc(C)no3)CC2)nc(C)n1. The largest absolute Gasteiger partial charge is 0.354 e. The van der Waals surface area contributed by atoms with E-state index in [0.29, 0.717) is 11.7 Å². The zero-order chi connectivity index (χ0) is 16.4. The van der Waals surface area contributed by atoms with Crippen LogP contribution in [0.3, 0.4) is 0 Å². The molecule has 1 fully saturated rings. The Morgan fingerprint density at radius 2 is 1.83 bits per heavy atom. The standard InChI is InChI=1S/C16H24N6O/c1-5-14-10-15(18-12(3)17-14)22-8-6-21(7-9-22)11(2)16-19-13(4)20-23-16/h10-11H,5-9H2,1-4H3. The van der Waals surface area contributed by atoms with E-state index in [-0.39, 0.29) is 6.04 Å². The maximum absolute atomic E-state index is 5.30. The molecule has 0 N–H and O–H groups in total. The fourth-order valence-corrected chi connectivity index (χ4v) is 2.93. The molecule has 3 rings (SSSR count). The number of piperazine rings is 1. The average Bonchev–Trinajstić information content (AvgIpc) is 3.00. The summed E-state index contributed by atoms with van der Waals surface area (Å²) in [6.07, 6.45) is 0.934. The fourth-order valence-electron chi connectivity index (χ4n) is 2.93.